The number of hydrogen-bond acceptors (Lipinski definition) is 2. The highest BCUT2D eigenvalue weighted by atomic mass is 16.3. The molecular weight excluding hydrogens is 228 g/mol. The van der Waals surface area contributed by atoms with Gasteiger partial charge in [-0.1, -0.05) is 24.3 Å². The lowest BCUT2D eigenvalue weighted by atomic mass is 10.2. The van der Waals surface area contributed by atoms with Gasteiger partial charge in [-0.25, -0.2) is 4.68 Å². The zero-order chi connectivity index (χ0) is 12.5. The first-order valence-corrected chi connectivity index (χ1v) is 5.69. The Kier molecular flexibility index (Phi) is 2.41. The van der Waals surface area contributed by atoms with E-state index in [2.05, 4.69) is 5.10 Å². The van der Waals surface area contributed by atoms with E-state index in [4.69, 9.17) is 0 Å². The van der Waals surface area contributed by atoms with E-state index in [0.717, 1.165) is 11.1 Å². The fourth-order valence-corrected chi connectivity index (χ4v) is 2.00. The maximum absolute atomic E-state index is 12.1. The molecular formula is C14H12N2O2. The number of aromatic hydroxyl groups is 1. The number of fused-ring (bicyclic) bond motifs is 1. The average molecular weight is 240 g/mol. The molecule has 0 radical (unpaired) electrons. The smallest absolute Gasteiger partial charge is 0.274 e. The van der Waals surface area contributed by atoms with Crippen LogP contribution in [-0.4, -0.2) is 14.9 Å². The second-order valence-corrected chi connectivity index (χ2v) is 4.22. The van der Waals surface area contributed by atoms with Gasteiger partial charge in [-0.05, 0) is 29.8 Å². The van der Waals surface area contributed by atoms with Gasteiger partial charge in [0.2, 0.25) is 0 Å². The first-order chi connectivity index (χ1) is 8.74. The summed E-state index contributed by atoms with van der Waals surface area (Å²) in [6, 6.07) is 14.3. The van der Waals surface area contributed by atoms with Crippen LogP contribution >= 0.6 is 0 Å². The Morgan fingerprint density at radius 1 is 1.06 bits per heavy atom. The number of phenols is 1. The summed E-state index contributed by atoms with van der Waals surface area (Å²) in [5.74, 6) is 0.225. The molecule has 3 rings (SSSR count). The highest BCUT2D eigenvalue weighted by molar-refractivity contribution is 5.77. The van der Waals surface area contributed by atoms with Gasteiger partial charge in [0.1, 0.15) is 5.75 Å². The minimum absolute atomic E-state index is 0.0290. The third-order valence-corrected chi connectivity index (χ3v) is 2.94. The Bertz CT molecular complexity index is 738. The number of aromatic nitrogens is 2. The Balaban J connectivity index is 2.02. The zero-order valence-corrected chi connectivity index (χ0v) is 9.63. The molecule has 0 fully saturated rings. The first-order valence-electron chi connectivity index (χ1n) is 5.69. The van der Waals surface area contributed by atoms with Crippen molar-refractivity contribution in [2.45, 2.75) is 6.54 Å². The van der Waals surface area contributed by atoms with Gasteiger partial charge < -0.3 is 5.11 Å². The van der Waals surface area contributed by atoms with Crippen LogP contribution in [0.3, 0.4) is 0 Å². The van der Waals surface area contributed by atoms with E-state index in [1.165, 1.54) is 0 Å². The third-order valence-electron chi connectivity index (χ3n) is 2.94. The normalized spacial score (nSPS) is 10.9. The molecule has 90 valence electrons. The van der Waals surface area contributed by atoms with Crippen molar-refractivity contribution in [1.29, 1.82) is 0 Å². The van der Waals surface area contributed by atoms with Gasteiger partial charge in [-0.15, -0.1) is 0 Å². The molecule has 0 spiro atoms. The Morgan fingerprint density at radius 2 is 1.78 bits per heavy atom. The van der Waals surface area contributed by atoms with Crippen LogP contribution in [0.15, 0.2) is 53.3 Å². The van der Waals surface area contributed by atoms with Gasteiger partial charge in [0.15, 0.2) is 0 Å². The standard InChI is InChI=1S/C14H12N2O2/c17-11-7-5-10(6-8-11)9-16-14(18)12-3-1-2-4-13(12)15-16/h1-8,15,17H,9H2. The highest BCUT2D eigenvalue weighted by Crippen LogP contribution is 2.11. The monoisotopic (exact) mass is 240 g/mol. The topological polar surface area (TPSA) is 58.0 Å². The minimum atomic E-state index is -0.0290. The summed E-state index contributed by atoms with van der Waals surface area (Å²) in [5.41, 5.74) is 1.77. The van der Waals surface area contributed by atoms with Gasteiger partial charge in [-0.2, -0.15) is 0 Å². The van der Waals surface area contributed by atoms with E-state index in [9.17, 15) is 9.90 Å². The summed E-state index contributed by atoms with van der Waals surface area (Å²) >= 11 is 0. The van der Waals surface area contributed by atoms with Crippen LogP contribution in [0.25, 0.3) is 10.9 Å². The summed E-state index contributed by atoms with van der Waals surface area (Å²) in [4.78, 5) is 12.1. The predicted octanol–water partition coefficient (Wildman–Crippen LogP) is 2.08. The van der Waals surface area contributed by atoms with E-state index in [-0.39, 0.29) is 11.3 Å². The Morgan fingerprint density at radius 3 is 2.50 bits per heavy atom. The fraction of sp³-hybridized carbons (Fsp3) is 0.0714. The SMILES string of the molecule is O=c1c2ccccc2[nH]n1Cc1ccc(O)cc1. The predicted molar refractivity (Wildman–Crippen MR) is 69.8 cm³/mol. The number of aromatic amines is 1. The molecule has 0 aliphatic carbocycles. The van der Waals surface area contributed by atoms with Gasteiger partial charge in [0.25, 0.3) is 5.56 Å². The summed E-state index contributed by atoms with van der Waals surface area (Å²) in [5, 5.41) is 13.0. The van der Waals surface area contributed by atoms with Crippen LogP contribution in [0.1, 0.15) is 5.56 Å². The molecule has 18 heavy (non-hydrogen) atoms. The van der Waals surface area contributed by atoms with Crippen LogP contribution in [0.5, 0.6) is 5.75 Å². The lowest BCUT2D eigenvalue weighted by Crippen LogP contribution is -2.17. The van der Waals surface area contributed by atoms with Crippen molar-refractivity contribution in [2.75, 3.05) is 0 Å². The number of hydrogen-bond donors (Lipinski definition) is 2. The molecule has 0 amide bonds. The molecule has 0 atom stereocenters. The molecule has 2 aromatic carbocycles. The molecule has 2 N–H and O–H groups in total. The second kappa shape index (κ2) is 4.07. The van der Waals surface area contributed by atoms with Crippen molar-refractivity contribution in [3.05, 3.63) is 64.4 Å². The van der Waals surface area contributed by atoms with E-state index in [0.29, 0.717) is 11.9 Å². The van der Waals surface area contributed by atoms with Crippen LogP contribution in [-0.2, 0) is 6.54 Å². The number of para-hydroxylation sites is 1. The number of nitrogens with one attached hydrogen (secondary N) is 1. The molecule has 0 saturated carbocycles. The van der Waals surface area contributed by atoms with E-state index >= 15 is 0 Å². The number of nitrogens with zero attached hydrogens (tertiary/aromatic N) is 1. The Hall–Kier alpha value is -2.49. The number of H-pyrrole nitrogens is 1. The molecule has 3 aromatic rings. The van der Waals surface area contributed by atoms with Crippen molar-refractivity contribution >= 4 is 10.9 Å². The summed E-state index contributed by atoms with van der Waals surface area (Å²) < 4.78 is 1.57. The molecule has 0 unspecified atom stereocenters. The molecule has 0 saturated heterocycles. The van der Waals surface area contributed by atoms with Crippen molar-refractivity contribution in [2.24, 2.45) is 0 Å². The van der Waals surface area contributed by atoms with Crippen molar-refractivity contribution in [3.8, 4) is 5.75 Å². The van der Waals surface area contributed by atoms with Crippen LogP contribution < -0.4 is 5.56 Å². The van der Waals surface area contributed by atoms with E-state index in [1.807, 2.05) is 24.3 Å². The number of benzene rings is 2. The summed E-state index contributed by atoms with van der Waals surface area (Å²) in [6.07, 6.45) is 0. The molecule has 4 heteroatoms. The number of rotatable bonds is 2. The second-order valence-electron chi connectivity index (χ2n) is 4.22. The molecule has 1 heterocycles. The van der Waals surface area contributed by atoms with E-state index in [1.54, 1.807) is 28.9 Å². The largest absolute Gasteiger partial charge is 0.508 e. The van der Waals surface area contributed by atoms with Crippen LogP contribution in [0, 0.1) is 0 Å². The molecule has 0 bridgehead atoms. The third kappa shape index (κ3) is 1.78. The lowest BCUT2D eigenvalue weighted by molar-refractivity contribution is 0.475. The van der Waals surface area contributed by atoms with Gasteiger partial charge in [0.05, 0.1) is 17.4 Å². The molecule has 0 aliphatic heterocycles. The summed E-state index contributed by atoms with van der Waals surface area (Å²) in [7, 11) is 0. The minimum Gasteiger partial charge on any atom is -0.508 e. The Labute approximate surface area is 103 Å². The maximum atomic E-state index is 12.1. The maximum Gasteiger partial charge on any atom is 0.274 e. The van der Waals surface area contributed by atoms with Gasteiger partial charge >= 0.3 is 0 Å². The molecule has 1 aromatic heterocycles. The van der Waals surface area contributed by atoms with E-state index < -0.39 is 0 Å². The quantitative estimate of drug-likeness (QED) is 0.720. The molecule has 0 aliphatic rings. The first kappa shape index (κ1) is 10.7. The zero-order valence-electron chi connectivity index (χ0n) is 9.63. The van der Waals surface area contributed by atoms with Crippen molar-refractivity contribution in [3.63, 3.8) is 0 Å². The fourth-order valence-electron chi connectivity index (χ4n) is 2.00. The van der Waals surface area contributed by atoms with Crippen molar-refractivity contribution in [1.82, 2.24) is 9.78 Å². The molecule has 4 nitrogen and oxygen atoms in total. The number of phenolic OH excluding ortho intramolecular Hbond substituents is 1. The van der Waals surface area contributed by atoms with Gasteiger partial charge in [-0.3, -0.25) is 9.89 Å². The highest BCUT2D eigenvalue weighted by Gasteiger charge is 2.05. The average Bonchev–Trinajstić information content (AvgIpc) is 2.70. The lowest BCUT2D eigenvalue weighted by Gasteiger charge is -2.01. The van der Waals surface area contributed by atoms with Crippen LogP contribution in [0.2, 0.25) is 0 Å². The van der Waals surface area contributed by atoms with Gasteiger partial charge in [0, 0.05) is 0 Å². The van der Waals surface area contributed by atoms with Crippen molar-refractivity contribution < 1.29 is 5.11 Å². The van der Waals surface area contributed by atoms with Crippen LogP contribution in [0.4, 0.5) is 0 Å². The summed E-state index contributed by atoms with van der Waals surface area (Å²) in [6.45, 7) is 0.466.